The van der Waals surface area contributed by atoms with Crippen molar-refractivity contribution in [2.45, 2.75) is 90.5 Å². The topological polar surface area (TPSA) is 12.0 Å². The lowest BCUT2D eigenvalue weighted by Gasteiger charge is -2.33. The van der Waals surface area contributed by atoms with Crippen LogP contribution < -0.4 is 5.32 Å². The second-order valence-electron chi connectivity index (χ2n) is 9.53. The Labute approximate surface area is 138 Å². The third-order valence-electron chi connectivity index (χ3n) is 8.58. The van der Waals surface area contributed by atoms with Gasteiger partial charge in [0.15, 0.2) is 0 Å². The molecule has 1 aliphatic heterocycles. The fourth-order valence-electron chi connectivity index (χ4n) is 6.77. The summed E-state index contributed by atoms with van der Waals surface area (Å²) < 4.78 is 0. The zero-order valence-electron chi connectivity index (χ0n) is 14.9. The molecule has 0 bridgehead atoms. The normalized spacial score (nSPS) is 52.6. The molecular formula is C21H37N. The predicted molar refractivity (Wildman–Crippen MR) is 93.8 cm³/mol. The van der Waals surface area contributed by atoms with Crippen molar-refractivity contribution in [3.63, 3.8) is 0 Å². The van der Waals surface area contributed by atoms with E-state index in [0.717, 1.165) is 41.0 Å². The highest BCUT2D eigenvalue weighted by Crippen LogP contribution is 2.68. The number of nitrogens with one attached hydrogen (secondary N) is 1. The third-order valence-corrected chi connectivity index (χ3v) is 8.58. The van der Waals surface area contributed by atoms with Crippen LogP contribution in [0.3, 0.4) is 0 Å². The molecule has 0 aromatic rings. The minimum atomic E-state index is 0.745. The Morgan fingerprint density at radius 2 is 1.55 bits per heavy atom. The zero-order chi connectivity index (χ0) is 15.2. The van der Waals surface area contributed by atoms with Gasteiger partial charge in [-0.15, -0.1) is 0 Å². The van der Waals surface area contributed by atoms with Gasteiger partial charge in [-0.3, -0.25) is 0 Å². The summed E-state index contributed by atoms with van der Waals surface area (Å²) in [5, 5.41) is 3.92. The minimum Gasteiger partial charge on any atom is -0.314 e. The summed E-state index contributed by atoms with van der Waals surface area (Å²) in [6.07, 6.45) is 16.6. The van der Waals surface area contributed by atoms with E-state index in [1.807, 2.05) is 0 Å². The van der Waals surface area contributed by atoms with Crippen LogP contribution >= 0.6 is 0 Å². The van der Waals surface area contributed by atoms with E-state index in [-0.39, 0.29) is 0 Å². The number of fused-ring (bicyclic) bond motifs is 2. The molecule has 1 N–H and O–H groups in total. The van der Waals surface area contributed by atoms with Crippen LogP contribution in [0.4, 0.5) is 0 Å². The first kappa shape index (κ1) is 15.5. The van der Waals surface area contributed by atoms with Gasteiger partial charge >= 0.3 is 0 Å². The second-order valence-corrected chi connectivity index (χ2v) is 9.53. The van der Waals surface area contributed by atoms with Crippen LogP contribution in [0.25, 0.3) is 0 Å². The van der Waals surface area contributed by atoms with Gasteiger partial charge in [0, 0.05) is 6.04 Å². The summed E-state index contributed by atoms with van der Waals surface area (Å²) in [6, 6.07) is 0.858. The standard InChI is InChI=1S/C21H37N/c1-15-19-11-9-18(14-21(15,19)2)16-7-8-17-6-4-3-5-13-22-20(17)12-10-16/h15-20,22H,3-14H2,1-2H3/t15-,16?,17?,18?,19?,20?,21?/m0/s1. The molecule has 6 unspecified atom stereocenters. The van der Waals surface area contributed by atoms with E-state index in [0.29, 0.717) is 0 Å². The Morgan fingerprint density at radius 3 is 2.41 bits per heavy atom. The van der Waals surface area contributed by atoms with Gasteiger partial charge in [-0.25, -0.2) is 0 Å². The van der Waals surface area contributed by atoms with Crippen LogP contribution in [0.1, 0.15) is 84.5 Å². The number of hydrogen-bond acceptors (Lipinski definition) is 1. The molecule has 126 valence electrons. The molecule has 7 atom stereocenters. The summed E-state index contributed by atoms with van der Waals surface area (Å²) >= 11 is 0. The Bertz CT molecular complexity index is 373. The predicted octanol–water partition coefficient (Wildman–Crippen LogP) is 5.40. The van der Waals surface area contributed by atoms with Crippen LogP contribution in [-0.2, 0) is 0 Å². The van der Waals surface area contributed by atoms with Gasteiger partial charge in [0.1, 0.15) is 0 Å². The van der Waals surface area contributed by atoms with Crippen molar-refractivity contribution in [2.24, 2.45) is 35.0 Å². The molecule has 4 fully saturated rings. The third kappa shape index (κ3) is 2.76. The molecule has 0 radical (unpaired) electrons. The number of hydrogen-bond donors (Lipinski definition) is 1. The zero-order valence-corrected chi connectivity index (χ0v) is 14.9. The Morgan fingerprint density at radius 1 is 0.773 bits per heavy atom. The van der Waals surface area contributed by atoms with Gasteiger partial charge in [-0.2, -0.15) is 0 Å². The van der Waals surface area contributed by atoms with Crippen molar-refractivity contribution in [3.05, 3.63) is 0 Å². The van der Waals surface area contributed by atoms with E-state index < -0.39 is 0 Å². The molecule has 4 aliphatic rings. The van der Waals surface area contributed by atoms with E-state index >= 15 is 0 Å². The SMILES string of the molecule is C[C@H]1C2CCC(C3CCC4CCCCCNC4CC3)CC21C. The molecule has 4 rings (SSSR count). The molecule has 1 heterocycles. The quantitative estimate of drug-likeness (QED) is 0.684. The van der Waals surface area contributed by atoms with E-state index in [1.165, 1.54) is 51.5 Å². The molecule has 1 nitrogen and oxygen atoms in total. The van der Waals surface area contributed by atoms with E-state index in [9.17, 15) is 0 Å². The van der Waals surface area contributed by atoms with E-state index in [2.05, 4.69) is 19.2 Å². The van der Waals surface area contributed by atoms with Crippen LogP contribution in [-0.4, -0.2) is 12.6 Å². The summed E-state index contributed by atoms with van der Waals surface area (Å²) in [7, 11) is 0. The average molecular weight is 304 g/mol. The molecule has 3 aliphatic carbocycles. The van der Waals surface area contributed by atoms with Gasteiger partial charge in [0.05, 0.1) is 0 Å². The Kier molecular flexibility index (Phi) is 4.30. The van der Waals surface area contributed by atoms with Crippen LogP contribution in [0.2, 0.25) is 0 Å². The Balaban J connectivity index is 1.38. The highest BCUT2D eigenvalue weighted by molar-refractivity contribution is 5.09. The first-order chi connectivity index (χ1) is 10.7. The fraction of sp³-hybridized carbons (Fsp3) is 1.00. The molecule has 22 heavy (non-hydrogen) atoms. The van der Waals surface area contributed by atoms with Crippen molar-refractivity contribution in [2.75, 3.05) is 6.54 Å². The lowest BCUT2D eigenvalue weighted by molar-refractivity contribution is 0.177. The monoisotopic (exact) mass is 303 g/mol. The number of rotatable bonds is 1. The first-order valence-corrected chi connectivity index (χ1v) is 10.4. The summed E-state index contributed by atoms with van der Waals surface area (Å²) in [6.45, 7) is 6.40. The average Bonchev–Trinajstić information content (AvgIpc) is 3.09. The highest BCUT2D eigenvalue weighted by Gasteiger charge is 2.60. The first-order valence-electron chi connectivity index (χ1n) is 10.4. The summed E-state index contributed by atoms with van der Waals surface area (Å²) in [5.74, 6) is 5.23. The van der Waals surface area contributed by atoms with Crippen molar-refractivity contribution < 1.29 is 0 Å². The van der Waals surface area contributed by atoms with Crippen LogP contribution in [0, 0.1) is 35.0 Å². The lowest BCUT2D eigenvalue weighted by Crippen LogP contribution is -2.37. The van der Waals surface area contributed by atoms with Gasteiger partial charge in [-0.1, -0.05) is 26.7 Å². The molecule has 0 amide bonds. The molecule has 0 aromatic heterocycles. The molecule has 1 saturated heterocycles. The van der Waals surface area contributed by atoms with Gasteiger partial charge in [0.2, 0.25) is 0 Å². The van der Waals surface area contributed by atoms with E-state index in [4.69, 9.17) is 0 Å². The lowest BCUT2D eigenvalue weighted by atomic mass is 9.73. The Hall–Kier alpha value is -0.0400. The minimum absolute atomic E-state index is 0.745. The van der Waals surface area contributed by atoms with Crippen molar-refractivity contribution >= 4 is 0 Å². The molecule has 1 heteroatoms. The maximum atomic E-state index is 3.92. The maximum absolute atomic E-state index is 3.92. The highest BCUT2D eigenvalue weighted by atomic mass is 14.9. The largest absolute Gasteiger partial charge is 0.314 e. The maximum Gasteiger partial charge on any atom is 0.00954 e. The second kappa shape index (κ2) is 6.11. The summed E-state index contributed by atoms with van der Waals surface area (Å²) in [5.41, 5.74) is 0.745. The smallest absolute Gasteiger partial charge is 0.00954 e. The fourth-order valence-corrected chi connectivity index (χ4v) is 6.77. The van der Waals surface area contributed by atoms with E-state index in [1.54, 1.807) is 25.7 Å². The molecule has 0 aromatic carbocycles. The van der Waals surface area contributed by atoms with Crippen LogP contribution in [0.15, 0.2) is 0 Å². The molecule has 0 spiro atoms. The molecule has 3 saturated carbocycles. The van der Waals surface area contributed by atoms with Crippen molar-refractivity contribution in [1.82, 2.24) is 5.32 Å². The molecular weight excluding hydrogens is 266 g/mol. The van der Waals surface area contributed by atoms with Gasteiger partial charge < -0.3 is 5.32 Å². The van der Waals surface area contributed by atoms with Crippen molar-refractivity contribution in [3.8, 4) is 0 Å². The van der Waals surface area contributed by atoms with Crippen LogP contribution in [0.5, 0.6) is 0 Å². The van der Waals surface area contributed by atoms with Gasteiger partial charge in [-0.05, 0) is 99.3 Å². The van der Waals surface area contributed by atoms with Gasteiger partial charge in [0.25, 0.3) is 0 Å². The summed E-state index contributed by atoms with van der Waals surface area (Å²) in [4.78, 5) is 0. The van der Waals surface area contributed by atoms with Crippen molar-refractivity contribution in [1.29, 1.82) is 0 Å².